The maximum Gasteiger partial charge on any atom is 0.249 e. The largest absolute Gasteiger partial charge is 0.443 e. The van der Waals surface area contributed by atoms with Crippen molar-refractivity contribution in [3.8, 4) is 46.3 Å². The molecule has 0 saturated heterocycles. The van der Waals surface area contributed by atoms with E-state index in [1.165, 1.54) is 18.8 Å². The quantitative estimate of drug-likeness (QED) is 0.385. The molecule has 0 fully saturated rings. The third-order valence-corrected chi connectivity index (χ3v) is 4.61. The van der Waals surface area contributed by atoms with E-state index in [1.807, 2.05) is 18.2 Å². The maximum atomic E-state index is 5.60. The molecule has 9 nitrogen and oxygen atoms in total. The standard InChI is InChI=1S/C20H13N5O4/c1-3-11-4-2-6-13(21-11)17-23-15(9-27-17)19-25-16(10-29-19)20-24-14(8-28-20)18-22-12(5-1)7-26-18/h2,4,6-10H,1,3,5H2. The Labute approximate surface area is 163 Å². The monoisotopic (exact) mass is 387 g/mol. The number of rotatable bonds is 0. The lowest BCUT2D eigenvalue weighted by Gasteiger charge is -2.01. The summed E-state index contributed by atoms with van der Waals surface area (Å²) in [5, 5.41) is 0. The molecular weight excluding hydrogens is 374 g/mol. The molecule has 6 heterocycles. The van der Waals surface area contributed by atoms with Gasteiger partial charge in [-0.1, -0.05) is 6.07 Å². The zero-order valence-corrected chi connectivity index (χ0v) is 15.0. The minimum absolute atomic E-state index is 0.297. The Balaban J connectivity index is 1.46. The normalized spacial score (nSPS) is 13.1. The second-order valence-electron chi connectivity index (χ2n) is 6.63. The number of hydrogen-bond acceptors (Lipinski definition) is 9. The Hall–Kier alpha value is -4.01. The van der Waals surface area contributed by atoms with Gasteiger partial charge in [-0.3, -0.25) is 0 Å². The summed E-state index contributed by atoms with van der Waals surface area (Å²) in [5.74, 6) is 1.41. The minimum Gasteiger partial charge on any atom is -0.443 e. The van der Waals surface area contributed by atoms with Crippen LogP contribution in [-0.4, -0.2) is 24.9 Å². The van der Waals surface area contributed by atoms with Crippen LogP contribution in [0.4, 0.5) is 0 Å². The summed E-state index contributed by atoms with van der Waals surface area (Å²) < 4.78 is 22.2. The molecule has 1 aliphatic heterocycles. The molecule has 10 bridgehead atoms. The molecule has 0 radical (unpaired) electrons. The van der Waals surface area contributed by atoms with Crippen LogP contribution in [0.3, 0.4) is 0 Å². The van der Waals surface area contributed by atoms with Crippen molar-refractivity contribution in [3.05, 3.63) is 54.6 Å². The molecule has 0 spiro atoms. The lowest BCUT2D eigenvalue weighted by atomic mass is 10.1. The highest BCUT2D eigenvalue weighted by molar-refractivity contribution is 5.58. The average Bonchev–Trinajstić information content (AvgIpc) is 3.53. The molecule has 0 aromatic carbocycles. The van der Waals surface area contributed by atoms with E-state index < -0.39 is 0 Å². The smallest absolute Gasteiger partial charge is 0.249 e. The molecule has 5 aromatic heterocycles. The predicted molar refractivity (Wildman–Crippen MR) is 98.3 cm³/mol. The van der Waals surface area contributed by atoms with E-state index in [4.69, 9.17) is 17.7 Å². The fourth-order valence-corrected chi connectivity index (χ4v) is 3.20. The first kappa shape index (κ1) is 16.0. The van der Waals surface area contributed by atoms with Crippen LogP contribution in [-0.2, 0) is 12.8 Å². The number of aromatic nitrogens is 5. The van der Waals surface area contributed by atoms with E-state index in [-0.39, 0.29) is 0 Å². The van der Waals surface area contributed by atoms with Crippen LogP contribution in [0.15, 0.2) is 60.9 Å². The van der Waals surface area contributed by atoms with Crippen LogP contribution in [0, 0.1) is 0 Å². The predicted octanol–water partition coefficient (Wildman–Crippen LogP) is 4.19. The first-order valence-corrected chi connectivity index (χ1v) is 9.10. The third kappa shape index (κ3) is 2.83. The van der Waals surface area contributed by atoms with Gasteiger partial charge in [0.2, 0.25) is 23.6 Å². The molecule has 142 valence electrons. The van der Waals surface area contributed by atoms with Crippen LogP contribution in [0.5, 0.6) is 0 Å². The van der Waals surface area contributed by atoms with Gasteiger partial charge in [0.05, 0.1) is 5.69 Å². The molecule has 0 N–H and O–H groups in total. The Bertz CT molecular complexity index is 1310. The Kier molecular flexibility index (Phi) is 3.45. The second kappa shape index (κ2) is 6.26. The van der Waals surface area contributed by atoms with Gasteiger partial charge in [-0.15, -0.1) is 0 Å². The summed E-state index contributed by atoms with van der Waals surface area (Å²) in [4.78, 5) is 22.4. The molecule has 1 aliphatic rings. The summed E-state index contributed by atoms with van der Waals surface area (Å²) >= 11 is 0. The zero-order chi connectivity index (χ0) is 19.2. The molecule has 0 unspecified atom stereocenters. The van der Waals surface area contributed by atoms with E-state index in [9.17, 15) is 0 Å². The van der Waals surface area contributed by atoms with Gasteiger partial charge >= 0.3 is 0 Å². The van der Waals surface area contributed by atoms with Gasteiger partial charge in [0.1, 0.15) is 30.7 Å². The lowest BCUT2D eigenvalue weighted by molar-refractivity contribution is 0.557. The van der Waals surface area contributed by atoms with E-state index in [2.05, 4.69) is 24.9 Å². The fourth-order valence-electron chi connectivity index (χ4n) is 3.20. The van der Waals surface area contributed by atoms with E-state index in [0.717, 1.165) is 30.7 Å². The number of oxazole rings is 4. The van der Waals surface area contributed by atoms with Crippen LogP contribution in [0.2, 0.25) is 0 Å². The highest BCUT2D eigenvalue weighted by atomic mass is 16.4. The number of pyridine rings is 1. The van der Waals surface area contributed by atoms with Crippen LogP contribution in [0.1, 0.15) is 17.8 Å². The highest BCUT2D eigenvalue weighted by Gasteiger charge is 2.19. The molecule has 0 amide bonds. The number of aryl methyl sites for hydroxylation is 2. The topological polar surface area (TPSA) is 117 Å². The summed E-state index contributed by atoms with van der Waals surface area (Å²) in [6, 6.07) is 5.78. The molecule has 0 saturated carbocycles. The van der Waals surface area contributed by atoms with E-state index in [0.29, 0.717) is 46.3 Å². The van der Waals surface area contributed by atoms with Gasteiger partial charge < -0.3 is 17.7 Å². The third-order valence-electron chi connectivity index (χ3n) is 4.61. The van der Waals surface area contributed by atoms with Crippen molar-refractivity contribution >= 4 is 0 Å². The van der Waals surface area contributed by atoms with Crippen molar-refractivity contribution in [2.45, 2.75) is 19.3 Å². The molecular formula is C20H13N5O4. The minimum atomic E-state index is 0.297. The van der Waals surface area contributed by atoms with Gasteiger partial charge in [0.25, 0.3) is 0 Å². The average molecular weight is 387 g/mol. The number of hydrogen-bond donors (Lipinski definition) is 0. The SMILES string of the molecule is c1cc2nc(c1)-c1nc(co1)-c1nc(co1)-c1nc(co1)-c1nc(co1)CCC2. The summed E-state index contributed by atoms with van der Waals surface area (Å²) in [7, 11) is 0. The molecule has 0 aliphatic carbocycles. The van der Waals surface area contributed by atoms with Gasteiger partial charge in [-0.25, -0.2) is 24.9 Å². The van der Waals surface area contributed by atoms with Gasteiger partial charge in [0.15, 0.2) is 17.1 Å². The maximum absolute atomic E-state index is 5.60. The second-order valence-corrected chi connectivity index (χ2v) is 6.63. The number of fused-ring (bicyclic) bond motifs is 14. The highest BCUT2D eigenvalue weighted by Crippen LogP contribution is 2.28. The zero-order valence-electron chi connectivity index (χ0n) is 15.0. The number of nitrogens with zero attached hydrogens (tertiary/aromatic N) is 5. The molecule has 29 heavy (non-hydrogen) atoms. The Morgan fingerprint density at radius 3 is 1.76 bits per heavy atom. The summed E-state index contributed by atoms with van der Waals surface area (Å²) in [6.07, 6.45) is 8.49. The Morgan fingerprint density at radius 1 is 0.517 bits per heavy atom. The molecule has 9 heteroatoms. The first-order chi connectivity index (χ1) is 14.3. The van der Waals surface area contributed by atoms with Crippen molar-refractivity contribution in [3.63, 3.8) is 0 Å². The van der Waals surface area contributed by atoms with Gasteiger partial charge in [-0.05, 0) is 31.4 Å². The van der Waals surface area contributed by atoms with Gasteiger partial charge in [0, 0.05) is 5.69 Å². The summed E-state index contributed by atoms with van der Waals surface area (Å²) in [6.45, 7) is 0. The fraction of sp³-hybridized carbons (Fsp3) is 0.150. The molecule has 5 aromatic rings. The Morgan fingerprint density at radius 2 is 1.07 bits per heavy atom. The van der Waals surface area contributed by atoms with Crippen molar-refractivity contribution < 1.29 is 17.7 Å². The van der Waals surface area contributed by atoms with Crippen molar-refractivity contribution in [2.24, 2.45) is 0 Å². The first-order valence-electron chi connectivity index (χ1n) is 9.10. The van der Waals surface area contributed by atoms with E-state index >= 15 is 0 Å². The lowest BCUT2D eigenvalue weighted by Crippen LogP contribution is -1.95. The molecule has 0 atom stereocenters. The van der Waals surface area contributed by atoms with Crippen LogP contribution >= 0.6 is 0 Å². The summed E-state index contributed by atoms with van der Waals surface area (Å²) in [5.41, 5.74) is 3.85. The van der Waals surface area contributed by atoms with Crippen molar-refractivity contribution in [1.82, 2.24) is 24.9 Å². The van der Waals surface area contributed by atoms with Crippen LogP contribution in [0.25, 0.3) is 46.3 Å². The van der Waals surface area contributed by atoms with Crippen molar-refractivity contribution in [2.75, 3.05) is 0 Å². The van der Waals surface area contributed by atoms with Crippen LogP contribution < -0.4 is 0 Å². The van der Waals surface area contributed by atoms with Crippen molar-refractivity contribution in [1.29, 1.82) is 0 Å². The van der Waals surface area contributed by atoms with Gasteiger partial charge in [-0.2, -0.15) is 0 Å². The molecule has 6 rings (SSSR count). The van der Waals surface area contributed by atoms with E-state index in [1.54, 1.807) is 6.26 Å².